The molecule has 12 heavy (non-hydrogen) atoms. The molecule has 0 atom stereocenters. The zero-order chi connectivity index (χ0) is 8.55. The molecule has 3 heteroatoms. The first-order chi connectivity index (χ1) is 5.79. The molecule has 0 aliphatic carbocycles. The van der Waals surface area contributed by atoms with E-state index in [0.29, 0.717) is 23.9 Å². The molecule has 1 aromatic carbocycles. The van der Waals surface area contributed by atoms with Crippen LogP contribution >= 0.6 is 11.6 Å². The van der Waals surface area contributed by atoms with Gasteiger partial charge in [-0.05, 0) is 6.07 Å². The minimum absolute atomic E-state index is 0.396. The van der Waals surface area contributed by atoms with Gasteiger partial charge in [0.15, 0.2) is 0 Å². The van der Waals surface area contributed by atoms with Crippen molar-refractivity contribution in [1.82, 2.24) is 0 Å². The van der Waals surface area contributed by atoms with Crippen molar-refractivity contribution in [2.24, 2.45) is 0 Å². The Labute approximate surface area is 75.6 Å². The van der Waals surface area contributed by atoms with Gasteiger partial charge < -0.3 is 10.1 Å². The standard InChI is InChI=1S/C9H8ClNO/c10-8-3-1-2-6-7(8)4-12-5-9(6)11/h1-3,11H,4-5H2. The molecule has 0 spiro atoms. The molecule has 1 N–H and O–H groups in total. The van der Waals surface area contributed by atoms with Crippen LogP contribution < -0.4 is 0 Å². The van der Waals surface area contributed by atoms with Gasteiger partial charge in [-0.2, -0.15) is 0 Å². The number of rotatable bonds is 0. The Balaban J connectivity index is 2.59. The summed E-state index contributed by atoms with van der Waals surface area (Å²) in [6.45, 7) is 0.921. The first kappa shape index (κ1) is 7.77. The molecule has 0 radical (unpaired) electrons. The van der Waals surface area contributed by atoms with E-state index in [9.17, 15) is 0 Å². The Morgan fingerprint density at radius 3 is 2.92 bits per heavy atom. The second-order valence-electron chi connectivity index (χ2n) is 2.74. The van der Waals surface area contributed by atoms with Gasteiger partial charge in [-0.15, -0.1) is 0 Å². The van der Waals surface area contributed by atoms with Gasteiger partial charge in [-0.3, -0.25) is 0 Å². The number of halogens is 1. The number of nitrogens with one attached hydrogen (secondary N) is 1. The quantitative estimate of drug-likeness (QED) is 0.654. The van der Waals surface area contributed by atoms with Crippen LogP contribution in [0, 0.1) is 5.41 Å². The van der Waals surface area contributed by atoms with Gasteiger partial charge in [0.25, 0.3) is 0 Å². The molecule has 1 aromatic rings. The number of ether oxygens (including phenoxy) is 1. The number of hydrogen-bond acceptors (Lipinski definition) is 2. The van der Waals surface area contributed by atoms with Gasteiger partial charge in [0, 0.05) is 16.1 Å². The van der Waals surface area contributed by atoms with E-state index in [0.717, 1.165) is 11.1 Å². The Morgan fingerprint density at radius 1 is 1.33 bits per heavy atom. The van der Waals surface area contributed by atoms with Crippen LogP contribution in [-0.4, -0.2) is 12.3 Å². The highest BCUT2D eigenvalue weighted by atomic mass is 35.5. The molecule has 1 aliphatic heterocycles. The molecule has 0 saturated carbocycles. The normalized spacial score (nSPS) is 15.9. The third-order valence-corrected chi connectivity index (χ3v) is 2.29. The maximum atomic E-state index is 7.58. The summed E-state index contributed by atoms with van der Waals surface area (Å²) in [7, 11) is 0. The second kappa shape index (κ2) is 2.88. The van der Waals surface area contributed by atoms with E-state index in [-0.39, 0.29) is 0 Å². The van der Waals surface area contributed by atoms with Crippen molar-refractivity contribution in [2.45, 2.75) is 6.61 Å². The molecule has 2 nitrogen and oxygen atoms in total. The van der Waals surface area contributed by atoms with Gasteiger partial charge in [-0.25, -0.2) is 0 Å². The third kappa shape index (κ3) is 1.13. The molecule has 62 valence electrons. The van der Waals surface area contributed by atoms with Crippen molar-refractivity contribution in [2.75, 3.05) is 6.61 Å². The fourth-order valence-electron chi connectivity index (χ4n) is 1.32. The smallest absolute Gasteiger partial charge is 0.0891 e. The van der Waals surface area contributed by atoms with Crippen molar-refractivity contribution in [1.29, 1.82) is 5.41 Å². The van der Waals surface area contributed by atoms with Crippen molar-refractivity contribution in [3.8, 4) is 0 Å². The Bertz CT molecular complexity index is 335. The maximum Gasteiger partial charge on any atom is 0.0891 e. The van der Waals surface area contributed by atoms with Crippen molar-refractivity contribution in [3.63, 3.8) is 0 Å². The highest BCUT2D eigenvalue weighted by Crippen LogP contribution is 2.24. The van der Waals surface area contributed by atoms with Crippen LogP contribution in [0.1, 0.15) is 11.1 Å². The topological polar surface area (TPSA) is 33.1 Å². The summed E-state index contributed by atoms with van der Waals surface area (Å²) in [5, 5.41) is 8.28. The van der Waals surface area contributed by atoms with E-state index < -0.39 is 0 Å². The predicted octanol–water partition coefficient (Wildman–Crippen LogP) is 2.24. The highest BCUT2D eigenvalue weighted by molar-refractivity contribution is 6.32. The zero-order valence-electron chi connectivity index (χ0n) is 6.43. The summed E-state index contributed by atoms with van der Waals surface area (Å²) in [4.78, 5) is 0. The van der Waals surface area contributed by atoms with Crippen LogP contribution in [0.4, 0.5) is 0 Å². The monoisotopic (exact) mass is 181 g/mol. The van der Waals surface area contributed by atoms with E-state index in [2.05, 4.69) is 0 Å². The van der Waals surface area contributed by atoms with E-state index >= 15 is 0 Å². The Morgan fingerprint density at radius 2 is 2.17 bits per heavy atom. The molecule has 0 aromatic heterocycles. The minimum atomic E-state index is 0.396. The van der Waals surface area contributed by atoms with Gasteiger partial charge in [0.2, 0.25) is 0 Å². The first-order valence-electron chi connectivity index (χ1n) is 3.72. The molecular weight excluding hydrogens is 174 g/mol. The van der Waals surface area contributed by atoms with Crippen molar-refractivity contribution in [3.05, 3.63) is 34.3 Å². The molecule has 0 amide bonds. The minimum Gasteiger partial charge on any atom is -0.370 e. The summed E-state index contributed by atoms with van der Waals surface area (Å²) in [5.41, 5.74) is 2.38. The molecule has 2 rings (SSSR count). The second-order valence-corrected chi connectivity index (χ2v) is 3.14. The van der Waals surface area contributed by atoms with Gasteiger partial charge in [0.1, 0.15) is 0 Å². The van der Waals surface area contributed by atoms with E-state index in [1.807, 2.05) is 18.2 Å². The zero-order valence-corrected chi connectivity index (χ0v) is 7.19. The summed E-state index contributed by atoms with van der Waals surface area (Å²) < 4.78 is 5.18. The average molecular weight is 182 g/mol. The maximum absolute atomic E-state index is 7.58. The van der Waals surface area contributed by atoms with E-state index in [1.54, 1.807) is 0 Å². The number of fused-ring (bicyclic) bond motifs is 1. The number of benzene rings is 1. The lowest BCUT2D eigenvalue weighted by Gasteiger charge is -2.17. The van der Waals surface area contributed by atoms with E-state index in [4.69, 9.17) is 21.7 Å². The van der Waals surface area contributed by atoms with Gasteiger partial charge in [-0.1, -0.05) is 23.7 Å². The Kier molecular flexibility index (Phi) is 1.87. The molecular formula is C9H8ClNO. The first-order valence-corrected chi connectivity index (χ1v) is 4.10. The number of hydrogen-bond donors (Lipinski definition) is 1. The van der Waals surface area contributed by atoms with Crippen LogP contribution in [0.3, 0.4) is 0 Å². The van der Waals surface area contributed by atoms with Crippen LogP contribution in [0.25, 0.3) is 0 Å². The van der Waals surface area contributed by atoms with Crippen molar-refractivity contribution >= 4 is 17.3 Å². The average Bonchev–Trinajstić information content (AvgIpc) is 2.07. The van der Waals surface area contributed by atoms with Crippen LogP contribution in [-0.2, 0) is 11.3 Å². The van der Waals surface area contributed by atoms with Crippen LogP contribution in [0.2, 0.25) is 5.02 Å². The summed E-state index contributed by atoms with van der Waals surface area (Å²) in [5.74, 6) is 0. The van der Waals surface area contributed by atoms with Crippen LogP contribution in [0.5, 0.6) is 0 Å². The largest absolute Gasteiger partial charge is 0.370 e. The van der Waals surface area contributed by atoms with E-state index in [1.165, 1.54) is 0 Å². The fraction of sp³-hybridized carbons (Fsp3) is 0.222. The summed E-state index contributed by atoms with van der Waals surface area (Å²) in [6, 6.07) is 5.59. The molecule has 0 bridgehead atoms. The molecule has 0 saturated heterocycles. The predicted molar refractivity (Wildman–Crippen MR) is 47.9 cm³/mol. The summed E-state index contributed by atoms with van der Waals surface area (Å²) >= 11 is 5.93. The van der Waals surface area contributed by atoms with Crippen molar-refractivity contribution < 1.29 is 4.74 Å². The molecule has 0 unspecified atom stereocenters. The van der Waals surface area contributed by atoms with Gasteiger partial charge >= 0.3 is 0 Å². The lowest BCUT2D eigenvalue weighted by molar-refractivity contribution is 0.152. The summed E-state index contributed by atoms with van der Waals surface area (Å²) in [6.07, 6.45) is 0. The van der Waals surface area contributed by atoms with Gasteiger partial charge in [0.05, 0.1) is 18.9 Å². The third-order valence-electron chi connectivity index (χ3n) is 1.94. The molecule has 1 aliphatic rings. The molecule has 0 fully saturated rings. The SMILES string of the molecule is N=C1COCc2c(Cl)cccc21. The Hall–Kier alpha value is -0.860. The lowest BCUT2D eigenvalue weighted by atomic mass is 10.0. The molecule has 1 heterocycles. The lowest BCUT2D eigenvalue weighted by Crippen LogP contribution is -2.18. The highest BCUT2D eigenvalue weighted by Gasteiger charge is 2.15. The fourth-order valence-corrected chi connectivity index (χ4v) is 1.55. The van der Waals surface area contributed by atoms with Crippen LogP contribution in [0.15, 0.2) is 18.2 Å².